The molecule has 0 aromatic heterocycles. The van der Waals surface area contributed by atoms with Gasteiger partial charge in [-0.15, -0.1) is 6.58 Å². The zero-order valence-corrected chi connectivity index (χ0v) is 19.7. The average molecular weight is 446 g/mol. The Labute approximate surface area is 198 Å². The highest BCUT2D eigenvalue weighted by atomic mass is 16.5. The largest absolute Gasteiger partial charge is 0.497 e. The van der Waals surface area contributed by atoms with Crippen molar-refractivity contribution in [2.24, 2.45) is 5.92 Å². The van der Waals surface area contributed by atoms with E-state index in [0.29, 0.717) is 0 Å². The molecule has 33 heavy (non-hydrogen) atoms. The van der Waals surface area contributed by atoms with Crippen LogP contribution in [0.2, 0.25) is 0 Å². The first-order valence-corrected chi connectivity index (χ1v) is 11.6. The van der Waals surface area contributed by atoms with E-state index >= 15 is 0 Å². The Kier molecular flexibility index (Phi) is 11.0. The van der Waals surface area contributed by atoms with Gasteiger partial charge < -0.3 is 9.47 Å². The lowest BCUT2D eigenvalue weighted by Crippen LogP contribution is -2.39. The summed E-state index contributed by atoms with van der Waals surface area (Å²) in [4.78, 5) is 11.8. The van der Waals surface area contributed by atoms with Crippen LogP contribution < -0.4 is 4.74 Å². The minimum Gasteiger partial charge on any atom is -0.497 e. The Morgan fingerprint density at radius 2 is 1.64 bits per heavy atom. The number of nitriles is 1. The van der Waals surface area contributed by atoms with Gasteiger partial charge in [0, 0.05) is 11.5 Å². The smallest absolute Gasteiger partial charge is 0.330 e. The SMILES string of the molecule is C=CCCCCCCCC(c1ccccc1)(c1ccc(OC)cc1)C(C#N)COC(=O)C=C. The third-order valence-corrected chi connectivity index (χ3v) is 6.18. The number of ether oxygens (including phenoxy) is 2. The van der Waals surface area contributed by atoms with Crippen LogP contribution in [0, 0.1) is 17.2 Å². The highest BCUT2D eigenvalue weighted by Gasteiger charge is 2.42. The molecule has 0 amide bonds. The fourth-order valence-electron chi connectivity index (χ4n) is 4.39. The van der Waals surface area contributed by atoms with Gasteiger partial charge in [0.25, 0.3) is 0 Å². The maximum atomic E-state index is 11.8. The molecule has 0 radical (unpaired) electrons. The topological polar surface area (TPSA) is 59.3 Å². The highest BCUT2D eigenvalue weighted by Crippen LogP contribution is 2.44. The molecule has 0 bridgehead atoms. The molecule has 174 valence electrons. The van der Waals surface area contributed by atoms with E-state index in [9.17, 15) is 10.1 Å². The summed E-state index contributed by atoms with van der Waals surface area (Å²) in [5.41, 5.74) is 1.44. The van der Waals surface area contributed by atoms with E-state index in [1.807, 2.05) is 48.5 Å². The first kappa shape index (κ1) is 25.9. The van der Waals surface area contributed by atoms with Crippen LogP contribution in [-0.2, 0) is 14.9 Å². The number of carbonyl (C=O) groups is 1. The summed E-state index contributed by atoms with van der Waals surface area (Å²) in [6.45, 7) is 7.27. The second kappa shape index (κ2) is 14.0. The number of esters is 1. The van der Waals surface area contributed by atoms with E-state index < -0.39 is 17.3 Å². The molecule has 0 aliphatic heterocycles. The average Bonchev–Trinajstić information content (AvgIpc) is 2.87. The maximum Gasteiger partial charge on any atom is 0.330 e. The Hall–Kier alpha value is -3.32. The van der Waals surface area contributed by atoms with E-state index in [4.69, 9.17) is 9.47 Å². The number of hydrogen-bond donors (Lipinski definition) is 0. The second-order valence-electron chi connectivity index (χ2n) is 8.18. The van der Waals surface area contributed by atoms with Crippen LogP contribution in [0.1, 0.15) is 56.1 Å². The summed E-state index contributed by atoms with van der Waals surface area (Å²) in [6.07, 6.45) is 10.4. The number of nitrogens with zero attached hydrogens (tertiary/aromatic N) is 1. The van der Waals surface area contributed by atoms with Crippen LogP contribution in [-0.4, -0.2) is 19.7 Å². The van der Waals surface area contributed by atoms with Crippen LogP contribution in [0.3, 0.4) is 0 Å². The summed E-state index contributed by atoms with van der Waals surface area (Å²) < 4.78 is 10.8. The molecule has 2 unspecified atom stereocenters. The molecule has 0 spiro atoms. The first-order valence-electron chi connectivity index (χ1n) is 11.6. The van der Waals surface area contributed by atoms with Gasteiger partial charge in [-0.25, -0.2) is 4.79 Å². The highest BCUT2D eigenvalue weighted by molar-refractivity contribution is 5.81. The van der Waals surface area contributed by atoms with Crippen molar-refractivity contribution < 1.29 is 14.3 Å². The van der Waals surface area contributed by atoms with Crippen molar-refractivity contribution >= 4 is 5.97 Å². The van der Waals surface area contributed by atoms with Gasteiger partial charge in [-0.3, -0.25) is 0 Å². The van der Waals surface area contributed by atoms with Gasteiger partial charge in [-0.1, -0.05) is 80.8 Å². The Morgan fingerprint density at radius 3 is 2.24 bits per heavy atom. The van der Waals surface area contributed by atoms with Crippen molar-refractivity contribution in [1.82, 2.24) is 0 Å². The molecular weight excluding hydrogens is 410 g/mol. The Bertz CT molecular complexity index is 914. The minimum absolute atomic E-state index is 0.00160. The summed E-state index contributed by atoms with van der Waals surface area (Å²) in [6, 6.07) is 20.4. The summed E-state index contributed by atoms with van der Waals surface area (Å²) in [5.74, 6) is -0.318. The minimum atomic E-state index is -0.620. The maximum absolute atomic E-state index is 11.8. The number of methoxy groups -OCH3 is 1. The molecule has 0 heterocycles. The molecular formula is C29H35NO3. The Balaban J connectivity index is 2.43. The Morgan fingerprint density at radius 1 is 1.00 bits per heavy atom. The van der Waals surface area contributed by atoms with Crippen LogP contribution >= 0.6 is 0 Å². The standard InChI is InChI=1S/C29H35NO3/c1-4-6-7-8-9-10-14-21-29(24-15-12-11-13-16-24,25-17-19-27(32-3)20-18-25)26(22-30)23-33-28(31)5-2/h4-5,11-13,15-20,26H,1-2,6-10,14,21,23H2,3H3. The predicted octanol–water partition coefficient (Wildman–Crippen LogP) is 6.77. The van der Waals surface area contributed by atoms with E-state index in [2.05, 4.69) is 31.4 Å². The van der Waals surface area contributed by atoms with E-state index in [1.54, 1.807) is 7.11 Å². The molecule has 2 aromatic rings. The lowest BCUT2D eigenvalue weighted by atomic mass is 9.63. The normalized spacial score (nSPS) is 13.2. The van der Waals surface area contributed by atoms with Crippen molar-refractivity contribution in [3.05, 3.63) is 91.0 Å². The van der Waals surface area contributed by atoms with E-state index in [0.717, 1.165) is 61.5 Å². The van der Waals surface area contributed by atoms with E-state index in [1.165, 1.54) is 6.42 Å². The monoisotopic (exact) mass is 445 g/mol. The number of benzene rings is 2. The summed E-state index contributed by atoms with van der Waals surface area (Å²) in [7, 11) is 1.64. The van der Waals surface area contributed by atoms with Gasteiger partial charge in [0.05, 0.1) is 19.1 Å². The van der Waals surface area contributed by atoms with Crippen LogP contribution in [0.4, 0.5) is 0 Å². The molecule has 2 aromatic carbocycles. The molecule has 0 saturated carbocycles. The van der Waals surface area contributed by atoms with Crippen molar-refractivity contribution in [2.45, 2.75) is 50.4 Å². The van der Waals surface area contributed by atoms with Gasteiger partial charge in [-0.2, -0.15) is 5.26 Å². The molecule has 0 saturated heterocycles. The van der Waals surface area contributed by atoms with Crippen molar-refractivity contribution in [1.29, 1.82) is 5.26 Å². The molecule has 4 nitrogen and oxygen atoms in total. The number of unbranched alkanes of at least 4 members (excludes halogenated alkanes) is 5. The number of hydrogen-bond acceptors (Lipinski definition) is 4. The molecule has 0 N–H and O–H groups in total. The molecule has 0 fully saturated rings. The second-order valence-corrected chi connectivity index (χ2v) is 8.18. The molecule has 2 atom stereocenters. The molecule has 0 aliphatic carbocycles. The quantitative estimate of drug-likeness (QED) is 0.131. The summed E-state index contributed by atoms with van der Waals surface area (Å²) >= 11 is 0. The van der Waals surface area contributed by atoms with Gasteiger partial charge >= 0.3 is 5.97 Å². The zero-order chi connectivity index (χ0) is 23.9. The van der Waals surface area contributed by atoms with Crippen LogP contribution in [0.25, 0.3) is 0 Å². The third kappa shape index (κ3) is 7.08. The van der Waals surface area contributed by atoms with Gasteiger partial charge in [-0.05, 0) is 42.5 Å². The van der Waals surface area contributed by atoms with Gasteiger partial charge in [0.2, 0.25) is 0 Å². The predicted molar refractivity (Wildman–Crippen MR) is 133 cm³/mol. The summed E-state index contributed by atoms with van der Waals surface area (Å²) in [5, 5.41) is 10.3. The number of allylic oxidation sites excluding steroid dienone is 1. The third-order valence-electron chi connectivity index (χ3n) is 6.18. The first-order chi connectivity index (χ1) is 16.1. The molecule has 4 heteroatoms. The lowest BCUT2D eigenvalue weighted by Gasteiger charge is -2.39. The number of carbonyl (C=O) groups excluding carboxylic acids is 1. The van der Waals surface area contributed by atoms with Crippen LogP contribution in [0.15, 0.2) is 79.9 Å². The lowest BCUT2D eigenvalue weighted by molar-refractivity contribution is -0.139. The van der Waals surface area contributed by atoms with Crippen molar-refractivity contribution in [3.8, 4) is 11.8 Å². The molecule has 2 rings (SSSR count). The van der Waals surface area contributed by atoms with Gasteiger partial charge in [0.1, 0.15) is 12.4 Å². The van der Waals surface area contributed by atoms with E-state index in [-0.39, 0.29) is 6.61 Å². The van der Waals surface area contributed by atoms with Crippen LogP contribution in [0.5, 0.6) is 5.75 Å². The zero-order valence-electron chi connectivity index (χ0n) is 19.7. The number of rotatable bonds is 15. The fourth-order valence-corrected chi connectivity index (χ4v) is 4.39. The van der Waals surface area contributed by atoms with Gasteiger partial charge in [0.15, 0.2) is 0 Å². The van der Waals surface area contributed by atoms with Crippen molar-refractivity contribution in [3.63, 3.8) is 0 Å². The van der Waals surface area contributed by atoms with Crippen molar-refractivity contribution in [2.75, 3.05) is 13.7 Å². The fraction of sp³-hybridized carbons (Fsp3) is 0.379. The molecule has 0 aliphatic rings.